The predicted molar refractivity (Wildman–Crippen MR) is 74.8 cm³/mol. The second-order valence-electron chi connectivity index (χ2n) is 5.51. The van der Waals surface area contributed by atoms with Gasteiger partial charge >= 0.3 is 0 Å². The molecule has 0 atom stereocenters. The quantitative estimate of drug-likeness (QED) is 0.501. The van der Waals surface area contributed by atoms with E-state index >= 15 is 0 Å². The molecule has 4 nitrogen and oxygen atoms in total. The van der Waals surface area contributed by atoms with Crippen molar-refractivity contribution in [3.05, 3.63) is 40.1 Å². The van der Waals surface area contributed by atoms with Crippen molar-refractivity contribution in [2.75, 3.05) is 0 Å². The molecule has 1 aliphatic carbocycles. The van der Waals surface area contributed by atoms with Gasteiger partial charge in [-0.3, -0.25) is 0 Å². The molecule has 0 amide bonds. The molecule has 0 spiro atoms. The van der Waals surface area contributed by atoms with Gasteiger partial charge in [0.25, 0.3) is 5.55 Å². The number of fused-ring (bicyclic) bond motifs is 5. The molecule has 0 saturated heterocycles. The van der Waals surface area contributed by atoms with Crippen LogP contribution in [0.25, 0.3) is 21.9 Å². The normalized spacial score (nSPS) is 15.4. The molecular formula is C16H15NO3. The third-order valence-electron chi connectivity index (χ3n) is 4.27. The highest BCUT2D eigenvalue weighted by atomic mass is 16.5. The summed E-state index contributed by atoms with van der Waals surface area (Å²) >= 11 is 0. The van der Waals surface area contributed by atoms with Crippen LogP contribution in [0, 0.1) is 13.8 Å². The second-order valence-corrected chi connectivity index (χ2v) is 5.51. The number of rotatable bonds is 0. The van der Waals surface area contributed by atoms with Gasteiger partial charge in [0.2, 0.25) is 0 Å². The number of nitrogens with zero attached hydrogens (tertiary/aromatic N) is 1. The van der Waals surface area contributed by atoms with Crippen molar-refractivity contribution in [2.45, 2.75) is 33.1 Å². The summed E-state index contributed by atoms with van der Waals surface area (Å²) in [5.74, 6) is 0. The van der Waals surface area contributed by atoms with Gasteiger partial charge in [-0.25, -0.2) is 0 Å². The summed E-state index contributed by atoms with van der Waals surface area (Å²) in [5.41, 5.74) is 6.44. The summed E-state index contributed by atoms with van der Waals surface area (Å²) in [6, 6.07) is 2.01. The Morgan fingerprint density at radius 2 is 1.90 bits per heavy atom. The van der Waals surface area contributed by atoms with E-state index in [4.69, 9.17) is 14.0 Å². The fraction of sp³-hybridized carbons (Fsp3) is 0.312. The maximum Gasteiger partial charge on any atom is 0.259 e. The largest absolute Gasteiger partial charge is 0.463 e. The van der Waals surface area contributed by atoms with Crippen LogP contribution < -0.4 is 5.55 Å². The smallest absolute Gasteiger partial charge is 0.259 e. The Morgan fingerprint density at radius 3 is 2.70 bits per heavy atom. The zero-order valence-electron chi connectivity index (χ0n) is 11.5. The van der Waals surface area contributed by atoms with Gasteiger partial charge < -0.3 is 14.0 Å². The van der Waals surface area contributed by atoms with E-state index in [9.17, 15) is 0 Å². The number of aryl methyl sites for hydroxylation is 3. The van der Waals surface area contributed by atoms with Crippen LogP contribution in [0.3, 0.4) is 0 Å². The van der Waals surface area contributed by atoms with Gasteiger partial charge in [-0.2, -0.15) is 0 Å². The SMILES string of the molecule is Cc1coc2c1c(C)cc1oc(=NO)c3c(c12)CCC3. The molecule has 0 bridgehead atoms. The van der Waals surface area contributed by atoms with Crippen molar-refractivity contribution in [3.8, 4) is 0 Å². The zero-order valence-corrected chi connectivity index (χ0v) is 11.5. The first kappa shape index (κ1) is 11.6. The first-order valence-electron chi connectivity index (χ1n) is 6.84. The lowest BCUT2D eigenvalue weighted by Crippen LogP contribution is -2.09. The van der Waals surface area contributed by atoms with E-state index < -0.39 is 0 Å². The molecule has 4 rings (SSSR count). The van der Waals surface area contributed by atoms with Gasteiger partial charge in [0.1, 0.15) is 11.2 Å². The van der Waals surface area contributed by atoms with Crippen molar-refractivity contribution in [1.29, 1.82) is 0 Å². The molecule has 2 aromatic heterocycles. The Bertz CT molecular complexity index is 915. The Morgan fingerprint density at radius 1 is 1.10 bits per heavy atom. The van der Waals surface area contributed by atoms with E-state index in [0.717, 1.165) is 57.9 Å². The number of hydrogen-bond donors (Lipinski definition) is 1. The van der Waals surface area contributed by atoms with Crippen molar-refractivity contribution < 1.29 is 14.0 Å². The summed E-state index contributed by atoms with van der Waals surface area (Å²) in [5, 5.41) is 14.7. The van der Waals surface area contributed by atoms with Gasteiger partial charge in [0.05, 0.1) is 11.6 Å². The molecule has 0 fully saturated rings. The fourth-order valence-corrected chi connectivity index (χ4v) is 3.44. The van der Waals surface area contributed by atoms with Gasteiger partial charge in [-0.05, 0) is 61.0 Å². The van der Waals surface area contributed by atoms with Gasteiger partial charge in [-0.15, -0.1) is 0 Å². The summed E-state index contributed by atoms with van der Waals surface area (Å²) in [7, 11) is 0. The van der Waals surface area contributed by atoms with Gasteiger partial charge in [0.15, 0.2) is 0 Å². The third kappa shape index (κ3) is 1.33. The molecule has 1 aliphatic rings. The van der Waals surface area contributed by atoms with Crippen molar-refractivity contribution in [1.82, 2.24) is 0 Å². The molecule has 2 heterocycles. The highest BCUT2D eigenvalue weighted by Crippen LogP contribution is 2.36. The van der Waals surface area contributed by atoms with Gasteiger partial charge in [0, 0.05) is 10.9 Å². The van der Waals surface area contributed by atoms with Crippen molar-refractivity contribution in [2.24, 2.45) is 5.16 Å². The lowest BCUT2D eigenvalue weighted by Gasteiger charge is -2.07. The molecule has 102 valence electrons. The van der Waals surface area contributed by atoms with Crippen LogP contribution in [0.1, 0.15) is 28.7 Å². The molecule has 0 unspecified atom stereocenters. The summed E-state index contributed by atoms with van der Waals surface area (Å²) in [4.78, 5) is 0. The second kappa shape index (κ2) is 3.88. The van der Waals surface area contributed by atoms with Gasteiger partial charge in [-0.1, -0.05) is 0 Å². The van der Waals surface area contributed by atoms with Crippen LogP contribution in [-0.2, 0) is 12.8 Å². The zero-order chi connectivity index (χ0) is 13.9. The highest BCUT2D eigenvalue weighted by molar-refractivity contribution is 6.07. The average Bonchev–Trinajstić information content (AvgIpc) is 3.05. The standard InChI is InChI=1S/C16H15NO3/c1-8-6-12-14(15-13(8)9(2)7-19-15)10-4-3-5-11(10)16(17-18)20-12/h6-7,18H,3-5H2,1-2H3. The molecule has 20 heavy (non-hydrogen) atoms. The minimum Gasteiger partial charge on any atom is -0.463 e. The first-order chi connectivity index (χ1) is 9.70. The van der Waals surface area contributed by atoms with Crippen LogP contribution in [-0.4, -0.2) is 5.21 Å². The maximum atomic E-state index is 9.16. The summed E-state index contributed by atoms with van der Waals surface area (Å²) < 4.78 is 11.6. The van der Waals surface area contributed by atoms with Crippen molar-refractivity contribution >= 4 is 21.9 Å². The fourth-order valence-electron chi connectivity index (χ4n) is 3.44. The van der Waals surface area contributed by atoms with E-state index in [-0.39, 0.29) is 0 Å². The predicted octanol–water partition coefficient (Wildman–Crippen LogP) is 3.57. The molecule has 3 aromatic rings. The number of furan rings is 1. The molecule has 0 saturated carbocycles. The molecule has 1 N–H and O–H groups in total. The first-order valence-corrected chi connectivity index (χ1v) is 6.84. The van der Waals surface area contributed by atoms with Crippen molar-refractivity contribution in [3.63, 3.8) is 0 Å². The van der Waals surface area contributed by atoms with E-state index in [1.807, 2.05) is 13.0 Å². The van der Waals surface area contributed by atoms with Crippen LogP contribution in [0.2, 0.25) is 0 Å². The third-order valence-corrected chi connectivity index (χ3v) is 4.27. The van der Waals surface area contributed by atoms with Crippen LogP contribution >= 0.6 is 0 Å². The van der Waals surface area contributed by atoms with E-state index in [1.165, 1.54) is 5.56 Å². The maximum absolute atomic E-state index is 9.16. The minimum atomic E-state index is 0.340. The minimum absolute atomic E-state index is 0.340. The topological polar surface area (TPSA) is 58.9 Å². The Hall–Kier alpha value is -2.23. The van der Waals surface area contributed by atoms with E-state index in [1.54, 1.807) is 6.26 Å². The van der Waals surface area contributed by atoms with Crippen LogP contribution in [0.15, 0.2) is 26.3 Å². The Labute approximate surface area is 115 Å². The molecule has 4 heteroatoms. The Balaban J connectivity index is 2.31. The Kier molecular flexibility index (Phi) is 2.25. The van der Waals surface area contributed by atoms with E-state index in [2.05, 4.69) is 12.1 Å². The highest BCUT2D eigenvalue weighted by Gasteiger charge is 2.22. The molecular weight excluding hydrogens is 254 g/mol. The lowest BCUT2D eigenvalue weighted by atomic mass is 10.0. The summed E-state index contributed by atoms with van der Waals surface area (Å²) in [6.07, 6.45) is 4.72. The molecule has 0 aliphatic heterocycles. The molecule has 1 aromatic carbocycles. The lowest BCUT2D eigenvalue weighted by molar-refractivity contribution is 0.275. The van der Waals surface area contributed by atoms with Crippen LogP contribution in [0.4, 0.5) is 0 Å². The number of hydrogen-bond acceptors (Lipinski definition) is 4. The van der Waals surface area contributed by atoms with E-state index in [0.29, 0.717) is 5.55 Å². The molecule has 0 radical (unpaired) electrons. The van der Waals surface area contributed by atoms with Crippen LogP contribution in [0.5, 0.6) is 0 Å². The monoisotopic (exact) mass is 269 g/mol. The number of benzene rings is 1. The average molecular weight is 269 g/mol. The summed E-state index contributed by atoms with van der Waals surface area (Å²) in [6.45, 7) is 4.10.